The van der Waals surface area contributed by atoms with E-state index in [2.05, 4.69) is 10.3 Å². The number of pyridine rings is 1. The number of allylic oxidation sites excluding steroid dienone is 1. The fourth-order valence-corrected chi connectivity index (χ4v) is 4.03. The van der Waals surface area contributed by atoms with E-state index in [9.17, 15) is 22.8 Å². The number of halogens is 3. The van der Waals surface area contributed by atoms with Gasteiger partial charge in [0.05, 0.1) is 41.1 Å². The van der Waals surface area contributed by atoms with Crippen LogP contribution < -0.4 is 10.2 Å². The first-order valence-corrected chi connectivity index (χ1v) is 11.2. The number of anilines is 1. The van der Waals surface area contributed by atoms with Crippen LogP contribution in [0.1, 0.15) is 35.2 Å². The molecule has 0 bridgehead atoms. The van der Waals surface area contributed by atoms with Crippen LogP contribution in [0.2, 0.25) is 0 Å². The molecule has 1 unspecified atom stereocenters. The molecule has 1 aliphatic heterocycles. The highest BCUT2D eigenvalue weighted by Gasteiger charge is 2.38. The fraction of sp³-hybridized carbons (Fsp3) is 0.185. The van der Waals surface area contributed by atoms with Gasteiger partial charge in [0.15, 0.2) is 0 Å². The molecule has 4 rings (SSSR count). The van der Waals surface area contributed by atoms with Crippen LogP contribution in [0.15, 0.2) is 84.3 Å². The number of urea groups is 1. The maximum atomic E-state index is 13.3. The van der Waals surface area contributed by atoms with Crippen molar-refractivity contribution in [3.05, 3.63) is 107 Å². The predicted molar refractivity (Wildman–Crippen MR) is 128 cm³/mol. The highest BCUT2D eigenvalue weighted by molar-refractivity contribution is 6.03. The molecule has 188 valence electrons. The molecule has 0 radical (unpaired) electrons. The third kappa shape index (κ3) is 5.62. The van der Waals surface area contributed by atoms with Crippen LogP contribution in [0, 0.1) is 11.3 Å². The number of nitriles is 1. The van der Waals surface area contributed by atoms with E-state index in [0.29, 0.717) is 17.5 Å². The zero-order chi connectivity index (χ0) is 26.6. The molecule has 3 aromatic rings. The average Bonchev–Trinajstić information content (AvgIpc) is 2.88. The number of nitrogens with zero attached hydrogens (tertiary/aromatic N) is 3. The molecule has 0 saturated heterocycles. The Morgan fingerprint density at radius 2 is 1.84 bits per heavy atom. The minimum atomic E-state index is -4.61. The van der Waals surface area contributed by atoms with Crippen LogP contribution in [0.4, 0.5) is 23.7 Å². The SMILES string of the molecule is CC1=C(C(=O)OCCc2ccncc2)C(c2ccc(C#N)cc2)NC(=O)N1c1cccc(C(F)(F)F)c1. The van der Waals surface area contributed by atoms with Gasteiger partial charge in [0.25, 0.3) is 0 Å². The summed E-state index contributed by atoms with van der Waals surface area (Å²) in [4.78, 5) is 31.4. The maximum absolute atomic E-state index is 13.3. The Hall–Kier alpha value is -4.65. The van der Waals surface area contributed by atoms with Gasteiger partial charge in [-0.05, 0) is 60.5 Å². The molecule has 1 N–H and O–H groups in total. The molecule has 2 aromatic carbocycles. The maximum Gasteiger partial charge on any atom is 0.416 e. The van der Waals surface area contributed by atoms with Gasteiger partial charge >= 0.3 is 18.2 Å². The van der Waals surface area contributed by atoms with Gasteiger partial charge in [0.2, 0.25) is 0 Å². The van der Waals surface area contributed by atoms with E-state index in [4.69, 9.17) is 10.00 Å². The summed E-state index contributed by atoms with van der Waals surface area (Å²) in [6.07, 6.45) is -0.950. The van der Waals surface area contributed by atoms with Crippen molar-refractivity contribution in [2.45, 2.75) is 25.6 Å². The number of carbonyl (C=O) groups is 2. The number of benzene rings is 2. The van der Waals surface area contributed by atoms with Gasteiger partial charge in [-0.1, -0.05) is 18.2 Å². The highest BCUT2D eigenvalue weighted by atomic mass is 19.4. The molecule has 2 heterocycles. The Labute approximate surface area is 210 Å². The van der Waals surface area contributed by atoms with Gasteiger partial charge in [-0.25, -0.2) is 9.59 Å². The van der Waals surface area contributed by atoms with E-state index in [1.165, 1.54) is 19.1 Å². The van der Waals surface area contributed by atoms with Gasteiger partial charge in [-0.3, -0.25) is 9.88 Å². The number of nitrogens with one attached hydrogen (secondary N) is 1. The monoisotopic (exact) mass is 506 g/mol. The number of aromatic nitrogens is 1. The van der Waals surface area contributed by atoms with Crippen molar-refractivity contribution >= 4 is 17.7 Å². The summed E-state index contributed by atoms with van der Waals surface area (Å²) in [6, 6.07) is 14.5. The number of rotatable bonds is 6. The number of esters is 1. The third-order valence-electron chi connectivity index (χ3n) is 5.88. The number of alkyl halides is 3. The largest absolute Gasteiger partial charge is 0.462 e. The van der Waals surface area contributed by atoms with Crippen LogP contribution in [0.25, 0.3) is 0 Å². The molecule has 10 heteroatoms. The van der Waals surface area contributed by atoms with Crippen molar-refractivity contribution in [1.82, 2.24) is 10.3 Å². The first-order valence-electron chi connectivity index (χ1n) is 11.2. The van der Waals surface area contributed by atoms with Crippen molar-refractivity contribution in [2.75, 3.05) is 11.5 Å². The van der Waals surface area contributed by atoms with E-state index in [0.717, 1.165) is 22.6 Å². The van der Waals surface area contributed by atoms with Gasteiger partial charge in [0.1, 0.15) is 0 Å². The second-order valence-corrected chi connectivity index (χ2v) is 8.24. The van der Waals surface area contributed by atoms with Crippen molar-refractivity contribution in [1.29, 1.82) is 5.26 Å². The lowest BCUT2D eigenvalue weighted by Crippen LogP contribution is -2.48. The Bertz CT molecular complexity index is 1380. The molecule has 0 spiro atoms. The number of amides is 2. The van der Waals surface area contributed by atoms with Crippen LogP contribution in [0.3, 0.4) is 0 Å². The molecule has 0 fully saturated rings. The zero-order valence-corrected chi connectivity index (χ0v) is 19.6. The van der Waals surface area contributed by atoms with Gasteiger partial charge in [0, 0.05) is 24.5 Å². The van der Waals surface area contributed by atoms with E-state index in [-0.39, 0.29) is 23.6 Å². The minimum Gasteiger partial charge on any atom is -0.462 e. The Morgan fingerprint density at radius 3 is 2.49 bits per heavy atom. The second-order valence-electron chi connectivity index (χ2n) is 8.24. The van der Waals surface area contributed by atoms with Crippen molar-refractivity contribution in [2.24, 2.45) is 0 Å². The summed E-state index contributed by atoms with van der Waals surface area (Å²) in [6.45, 7) is 1.52. The lowest BCUT2D eigenvalue weighted by atomic mass is 9.94. The molecular weight excluding hydrogens is 485 g/mol. The molecule has 7 nitrogen and oxygen atoms in total. The van der Waals surface area contributed by atoms with Gasteiger partial charge in [-0.2, -0.15) is 18.4 Å². The molecular formula is C27H21F3N4O3. The summed E-state index contributed by atoms with van der Waals surface area (Å²) >= 11 is 0. The summed E-state index contributed by atoms with van der Waals surface area (Å²) in [5.74, 6) is -0.724. The molecule has 1 aromatic heterocycles. The van der Waals surface area contributed by atoms with Crippen molar-refractivity contribution in [3.8, 4) is 6.07 Å². The van der Waals surface area contributed by atoms with Crippen molar-refractivity contribution in [3.63, 3.8) is 0 Å². The summed E-state index contributed by atoms with van der Waals surface area (Å²) in [5, 5.41) is 11.8. The van der Waals surface area contributed by atoms with Gasteiger partial charge in [-0.15, -0.1) is 0 Å². The molecule has 1 atom stereocenters. The first kappa shape index (κ1) is 25.4. The molecule has 0 aliphatic carbocycles. The zero-order valence-electron chi connectivity index (χ0n) is 19.6. The normalized spacial score (nSPS) is 15.7. The molecule has 1 aliphatic rings. The third-order valence-corrected chi connectivity index (χ3v) is 5.88. The van der Waals surface area contributed by atoms with E-state index < -0.39 is 29.8 Å². The van der Waals surface area contributed by atoms with E-state index in [1.54, 1.807) is 48.8 Å². The summed E-state index contributed by atoms with van der Waals surface area (Å²) < 4.78 is 45.5. The van der Waals surface area contributed by atoms with E-state index >= 15 is 0 Å². The Balaban J connectivity index is 1.71. The number of hydrogen-bond donors (Lipinski definition) is 1. The number of ether oxygens (including phenoxy) is 1. The topological polar surface area (TPSA) is 95.3 Å². The molecule has 2 amide bonds. The highest BCUT2D eigenvalue weighted by Crippen LogP contribution is 2.37. The van der Waals surface area contributed by atoms with Crippen LogP contribution >= 0.6 is 0 Å². The predicted octanol–water partition coefficient (Wildman–Crippen LogP) is 5.30. The Morgan fingerprint density at radius 1 is 1.14 bits per heavy atom. The summed E-state index contributed by atoms with van der Waals surface area (Å²) in [7, 11) is 0. The van der Waals surface area contributed by atoms with Crippen LogP contribution in [-0.4, -0.2) is 23.6 Å². The quantitative estimate of drug-likeness (QED) is 0.458. The summed E-state index contributed by atoms with van der Waals surface area (Å²) in [5.41, 5.74) is 1.02. The van der Waals surface area contributed by atoms with Gasteiger partial charge < -0.3 is 10.1 Å². The number of hydrogen-bond acceptors (Lipinski definition) is 5. The molecule has 0 saturated carbocycles. The minimum absolute atomic E-state index is 0.0389. The van der Waals surface area contributed by atoms with Crippen LogP contribution in [0.5, 0.6) is 0 Å². The van der Waals surface area contributed by atoms with Crippen LogP contribution in [-0.2, 0) is 22.1 Å². The lowest BCUT2D eigenvalue weighted by Gasteiger charge is -2.35. The number of carbonyl (C=O) groups excluding carboxylic acids is 2. The first-order chi connectivity index (χ1) is 17.7. The molecule has 37 heavy (non-hydrogen) atoms. The second kappa shape index (κ2) is 10.5. The standard InChI is InChI=1S/C27H21F3N4O3/c1-17-23(25(35)37-14-11-18-9-12-32-13-10-18)24(20-7-5-19(16-31)6-8-20)33-26(36)34(17)22-4-2-3-21(15-22)27(28,29)30/h2-10,12-13,15,24H,11,14H2,1H3,(H,33,36). The smallest absolute Gasteiger partial charge is 0.416 e. The van der Waals surface area contributed by atoms with E-state index in [1.807, 2.05) is 6.07 Å². The van der Waals surface area contributed by atoms with Crippen molar-refractivity contribution < 1.29 is 27.5 Å². The fourth-order valence-electron chi connectivity index (χ4n) is 4.03. The average molecular weight is 506 g/mol. The Kier molecular flexibility index (Phi) is 7.25. The lowest BCUT2D eigenvalue weighted by molar-refractivity contribution is -0.139.